The van der Waals surface area contributed by atoms with Crippen molar-refractivity contribution >= 4 is 0 Å². The summed E-state index contributed by atoms with van der Waals surface area (Å²) in [5.41, 5.74) is 7.56. The van der Waals surface area contributed by atoms with E-state index in [9.17, 15) is 10.5 Å². The first kappa shape index (κ1) is 36.9. The second-order valence-electron chi connectivity index (χ2n) is 15.7. The van der Waals surface area contributed by atoms with Crippen LogP contribution < -0.4 is 9.47 Å². The molecule has 0 aliphatic carbocycles. The van der Waals surface area contributed by atoms with Gasteiger partial charge in [0.15, 0.2) is 0 Å². The molecule has 0 saturated heterocycles. The zero-order valence-electron chi connectivity index (χ0n) is 31.8. The molecule has 5 aromatic rings. The fourth-order valence-electron chi connectivity index (χ4n) is 6.79. The molecule has 0 spiro atoms. The molecule has 0 aliphatic rings. The largest absolute Gasteiger partial charge is 0.483 e. The zero-order valence-corrected chi connectivity index (χ0v) is 31.8. The Labute approximate surface area is 305 Å². The third-order valence-corrected chi connectivity index (χ3v) is 10.8. The van der Waals surface area contributed by atoms with Crippen LogP contribution in [-0.2, 0) is 21.8 Å². The highest BCUT2D eigenvalue weighted by atomic mass is 16.5. The van der Waals surface area contributed by atoms with Gasteiger partial charge >= 0.3 is 0 Å². The highest BCUT2D eigenvalue weighted by Crippen LogP contribution is 2.40. The molecule has 0 saturated carbocycles. The van der Waals surface area contributed by atoms with Gasteiger partial charge in [0.2, 0.25) is 0 Å². The Kier molecular flexibility index (Phi) is 10.2. The lowest BCUT2D eigenvalue weighted by atomic mass is 9.73. The summed E-state index contributed by atoms with van der Waals surface area (Å²) >= 11 is 0. The fourth-order valence-corrected chi connectivity index (χ4v) is 6.79. The van der Waals surface area contributed by atoms with Crippen molar-refractivity contribution < 1.29 is 9.47 Å². The highest BCUT2D eigenvalue weighted by Gasteiger charge is 2.30. The summed E-state index contributed by atoms with van der Waals surface area (Å²) < 4.78 is 12.8. The molecule has 0 radical (unpaired) electrons. The zero-order chi connectivity index (χ0) is 37.2. The number of nitriles is 2. The molecule has 0 amide bonds. The van der Waals surface area contributed by atoms with Gasteiger partial charge in [0, 0.05) is 16.4 Å². The number of aryl methyl sites for hydroxylation is 1. The van der Waals surface area contributed by atoms with Crippen LogP contribution in [-0.4, -0.2) is 0 Å². The monoisotopic (exact) mass is 674 g/mol. The lowest BCUT2D eigenvalue weighted by Crippen LogP contribution is -2.27. The van der Waals surface area contributed by atoms with E-state index in [1.54, 1.807) is 0 Å². The summed E-state index contributed by atoms with van der Waals surface area (Å²) in [6.07, 6.45) is 0.924. The summed E-state index contributed by atoms with van der Waals surface area (Å²) in [7, 11) is 0. The second-order valence-corrected chi connectivity index (χ2v) is 15.7. The van der Waals surface area contributed by atoms with Gasteiger partial charge in [-0.15, -0.1) is 0 Å². The number of rotatable bonds is 11. The van der Waals surface area contributed by atoms with Crippen LogP contribution in [0.1, 0.15) is 119 Å². The van der Waals surface area contributed by atoms with Crippen LogP contribution in [0, 0.1) is 29.6 Å². The SMILES string of the molecule is CCC(C)(C)c1cccc(Oc2ccc(C(C)(C)c3cccc(C(C)(C)c4ccc(OC(C)(C)c5cccc(C)c5C#N)cc4)c3)cc2)c1C#N. The summed E-state index contributed by atoms with van der Waals surface area (Å²) in [6.45, 7) is 21.4. The first-order valence-electron chi connectivity index (χ1n) is 17.8. The van der Waals surface area contributed by atoms with Crippen LogP contribution in [0.4, 0.5) is 0 Å². The molecule has 5 rings (SSSR count). The molecular formula is C47H50N2O2. The van der Waals surface area contributed by atoms with E-state index >= 15 is 0 Å². The first-order chi connectivity index (χ1) is 24.0. The molecule has 0 N–H and O–H groups in total. The number of nitrogens with zero attached hydrogens (tertiary/aromatic N) is 2. The predicted molar refractivity (Wildman–Crippen MR) is 208 cm³/mol. The summed E-state index contributed by atoms with van der Waals surface area (Å²) in [4.78, 5) is 0. The molecule has 0 atom stereocenters. The Morgan fingerprint density at radius 2 is 1.04 bits per heavy atom. The molecule has 0 heterocycles. The van der Waals surface area contributed by atoms with E-state index in [1.165, 1.54) is 22.3 Å². The number of benzene rings is 5. The minimum Gasteiger partial charge on any atom is -0.483 e. The van der Waals surface area contributed by atoms with E-state index in [-0.39, 0.29) is 16.2 Å². The number of ether oxygens (including phenoxy) is 2. The normalized spacial score (nSPS) is 12.2. The van der Waals surface area contributed by atoms with Gasteiger partial charge in [-0.1, -0.05) is 127 Å². The minimum absolute atomic E-state index is 0.123. The molecule has 0 unspecified atom stereocenters. The van der Waals surface area contributed by atoms with Gasteiger partial charge in [0.25, 0.3) is 0 Å². The highest BCUT2D eigenvalue weighted by molar-refractivity contribution is 5.54. The van der Waals surface area contributed by atoms with Gasteiger partial charge in [-0.3, -0.25) is 0 Å². The smallest absolute Gasteiger partial charge is 0.145 e. The van der Waals surface area contributed by atoms with Crippen molar-refractivity contribution in [3.63, 3.8) is 0 Å². The number of hydrogen-bond acceptors (Lipinski definition) is 4. The fraction of sp³-hybridized carbons (Fsp3) is 0.319. The van der Waals surface area contributed by atoms with E-state index in [0.717, 1.165) is 28.9 Å². The van der Waals surface area contributed by atoms with Crippen molar-refractivity contribution in [2.75, 3.05) is 0 Å². The van der Waals surface area contributed by atoms with E-state index < -0.39 is 5.60 Å². The summed E-state index contributed by atoms with van der Waals surface area (Å²) in [6, 6.07) is 41.9. The predicted octanol–water partition coefficient (Wildman–Crippen LogP) is 12.2. The van der Waals surface area contributed by atoms with Gasteiger partial charge in [-0.05, 0) is 96.3 Å². The van der Waals surface area contributed by atoms with Crippen LogP contribution in [0.15, 0.2) is 109 Å². The topological polar surface area (TPSA) is 66.0 Å². The average Bonchev–Trinajstić information content (AvgIpc) is 3.11. The van der Waals surface area contributed by atoms with Gasteiger partial charge in [0.1, 0.15) is 28.9 Å². The standard InChI is InChI=1S/C47H50N2O2/c1-11-44(3,4)41-18-14-20-43(40(41)31-49)50-37-25-21-33(22-26-37)45(5,6)35-16-13-17-36(29-35)46(7,8)34-23-27-38(28-24-34)51-47(9,10)42-19-12-15-32(2)39(42)30-48/h12-29H,11H2,1-10H3. The van der Waals surface area contributed by atoms with Gasteiger partial charge in [-0.25, -0.2) is 0 Å². The Balaban J connectivity index is 1.35. The molecule has 5 aromatic carbocycles. The Morgan fingerprint density at radius 3 is 1.57 bits per heavy atom. The Bertz CT molecular complexity index is 2100. The van der Waals surface area contributed by atoms with E-state index in [0.29, 0.717) is 22.6 Å². The lowest BCUT2D eigenvalue weighted by Gasteiger charge is -2.31. The molecule has 0 fully saturated rings. The van der Waals surface area contributed by atoms with E-state index in [4.69, 9.17) is 9.47 Å². The Morgan fingerprint density at radius 1 is 0.549 bits per heavy atom. The van der Waals surface area contributed by atoms with Crippen LogP contribution in [0.3, 0.4) is 0 Å². The van der Waals surface area contributed by atoms with Crippen LogP contribution in [0.2, 0.25) is 0 Å². The minimum atomic E-state index is -0.672. The summed E-state index contributed by atoms with van der Waals surface area (Å²) in [5.74, 6) is 2.04. The van der Waals surface area contributed by atoms with E-state index in [2.05, 4.69) is 109 Å². The molecule has 0 aromatic heterocycles. The first-order valence-corrected chi connectivity index (χ1v) is 17.8. The number of hydrogen-bond donors (Lipinski definition) is 0. The maximum Gasteiger partial charge on any atom is 0.145 e. The molecule has 0 aliphatic heterocycles. The van der Waals surface area contributed by atoms with Crippen molar-refractivity contribution in [1.82, 2.24) is 0 Å². The van der Waals surface area contributed by atoms with E-state index in [1.807, 2.05) is 81.4 Å². The molecule has 0 bridgehead atoms. The lowest BCUT2D eigenvalue weighted by molar-refractivity contribution is 0.108. The summed E-state index contributed by atoms with van der Waals surface area (Å²) in [5, 5.41) is 19.8. The molecule has 4 heteroatoms. The maximum absolute atomic E-state index is 10.0. The molecular weight excluding hydrogens is 625 g/mol. The van der Waals surface area contributed by atoms with Gasteiger partial charge in [0.05, 0.1) is 17.2 Å². The van der Waals surface area contributed by atoms with Crippen LogP contribution in [0.5, 0.6) is 17.2 Å². The van der Waals surface area contributed by atoms with Crippen molar-refractivity contribution in [3.05, 3.63) is 159 Å². The van der Waals surface area contributed by atoms with Crippen LogP contribution >= 0.6 is 0 Å². The van der Waals surface area contributed by atoms with Crippen molar-refractivity contribution in [3.8, 4) is 29.4 Å². The molecule has 51 heavy (non-hydrogen) atoms. The second kappa shape index (κ2) is 14.1. The van der Waals surface area contributed by atoms with Gasteiger partial charge < -0.3 is 9.47 Å². The quantitative estimate of drug-likeness (QED) is 0.140. The van der Waals surface area contributed by atoms with Crippen molar-refractivity contribution in [2.45, 2.75) is 97.5 Å². The molecule has 4 nitrogen and oxygen atoms in total. The third kappa shape index (κ3) is 7.43. The Hall–Kier alpha value is -5.32. The third-order valence-electron chi connectivity index (χ3n) is 10.8. The molecule has 260 valence electrons. The van der Waals surface area contributed by atoms with Gasteiger partial charge in [-0.2, -0.15) is 10.5 Å². The average molecular weight is 675 g/mol. The van der Waals surface area contributed by atoms with Crippen LogP contribution in [0.25, 0.3) is 0 Å². The van der Waals surface area contributed by atoms with Crippen molar-refractivity contribution in [2.24, 2.45) is 0 Å². The van der Waals surface area contributed by atoms with Crippen molar-refractivity contribution in [1.29, 1.82) is 10.5 Å². The maximum atomic E-state index is 10.0.